The highest BCUT2D eigenvalue weighted by Gasteiger charge is 2.25. The highest BCUT2D eigenvalue weighted by molar-refractivity contribution is 6.07. The number of hydrogen-bond donors (Lipinski definition) is 1. The van der Waals surface area contributed by atoms with E-state index < -0.39 is 0 Å². The van der Waals surface area contributed by atoms with E-state index in [2.05, 4.69) is 21.1 Å². The normalized spacial score (nSPS) is 15.0. The number of aromatic amines is 1. The summed E-state index contributed by atoms with van der Waals surface area (Å²) in [6, 6.07) is 6.20. The Morgan fingerprint density at radius 3 is 3.09 bits per heavy atom. The number of para-hydroxylation sites is 1. The summed E-state index contributed by atoms with van der Waals surface area (Å²) in [5.41, 5.74) is 5.05. The molecule has 1 atom stereocenters. The van der Waals surface area contributed by atoms with Crippen LogP contribution in [0.2, 0.25) is 0 Å². The van der Waals surface area contributed by atoms with Gasteiger partial charge in [0.2, 0.25) is 0 Å². The van der Waals surface area contributed by atoms with Crippen molar-refractivity contribution >= 4 is 16.7 Å². The Morgan fingerprint density at radius 1 is 1.43 bits per heavy atom. The highest BCUT2D eigenvalue weighted by Crippen LogP contribution is 2.29. The van der Waals surface area contributed by atoms with Crippen LogP contribution in [0.25, 0.3) is 10.9 Å². The minimum Gasteiger partial charge on any atom is -0.348 e. The van der Waals surface area contributed by atoms with Crippen molar-refractivity contribution in [1.29, 1.82) is 0 Å². The molecule has 0 amide bonds. The van der Waals surface area contributed by atoms with E-state index in [0.29, 0.717) is 12.1 Å². The van der Waals surface area contributed by atoms with Gasteiger partial charge in [-0.25, -0.2) is 4.98 Å². The van der Waals surface area contributed by atoms with Crippen molar-refractivity contribution in [2.24, 2.45) is 5.92 Å². The van der Waals surface area contributed by atoms with E-state index in [9.17, 15) is 4.79 Å². The molecule has 0 aliphatic carbocycles. The third kappa shape index (κ3) is 2.27. The van der Waals surface area contributed by atoms with Crippen molar-refractivity contribution in [3.8, 4) is 0 Å². The van der Waals surface area contributed by atoms with Crippen LogP contribution in [0, 0.1) is 12.8 Å². The summed E-state index contributed by atoms with van der Waals surface area (Å²) < 4.78 is 2.01. The number of benzene rings is 1. The van der Waals surface area contributed by atoms with Crippen LogP contribution >= 0.6 is 0 Å². The molecule has 0 fully saturated rings. The van der Waals surface area contributed by atoms with Gasteiger partial charge in [0.1, 0.15) is 5.69 Å². The Morgan fingerprint density at radius 2 is 2.30 bits per heavy atom. The van der Waals surface area contributed by atoms with Crippen molar-refractivity contribution in [1.82, 2.24) is 19.7 Å². The maximum atomic E-state index is 12.9. The Labute approximate surface area is 134 Å². The van der Waals surface area contributed by atoms with E-state index in [0.717, 1.165) is 41.7 Å². The Bertz CT molecular complexity index is 890. The zero-order chi connectivity index (χ0) is 16.0. The van der Waals surface area contributed by atoms with Gasteiger partial charge in [-0.2, -0.15) is 5.10 Å². The molecule has 1 N–H and O–H groups in total. The molecule has 2 aromatic heterocycles. The number of Topliss-reactive ketones (excluding diaryl/α,β-unsaturated/α-hetero) is 1. The molecule has 0 spiro atoms. The van der Waals surface area contributed by atoms with Gasteiger partial charge in [-0.3, -0.25) is 9.48 Å². The van der Waals surface area contributed by atoms with Crippen molar-refractivity contribution in [3.63, 3.8) is 0 Å². The lowest BCUT2D eigenvalue weighted by molar-refractivity contribution is 0.0924. The van der Waals surface area contributed by atoms with E-state index in [1.54, 1.807) is 6.33 Å². The van der Waals surface area contributed by atoms with Crippen molar-refractivity contribution in [3.05, 3.63) is 47.2 Å². The monoisotopic (exact) mass is 308 g/mol. The maximum absolute atomic E-state index is 12.9. The predicted molar refractivity (Wildman–Crippen MR) is 88.6 cm³/mol. The number of carbonyl (C=O) groups is 1. The number of carbonyl (C=O) groups excluding carboxylic acids is 1. The molecule has 3 heterocycles. The number of ketones is 1. The van der Waals surface area contributed by atoms with Gasteiger partial charge in [-0.1, -0.05) is 25.1 Å². The Hall–Kier alpha value is -2.43. The summed E-state index contributed by atoms with van der Waals surface area (Å²) in [5, 5.41) is 5.63. The minimum atomic E-state index is -0.120. The predicted octanol–water partition coefficient (Wildman–Crippen LogP) is 3.08. The Kier molecular flexibility index (Phi) is 3.29. The number of rotatable bonds is 4. The largest absolute Gasteiger partial charge is 0.348 e. The number of nitrogens with zero attached hydrogens (tertiary/aromatic N) is 3. The van der Waals surface area contributed by atoms with Crippen LogP contribution in [-0.4, -0.2) is 25.5 Å². The van der Waals surface area contributed by atoms with E-state index >= 15 is 0 Å². The first-order valence-corrected chi connectivity index (χ1v) is 8.16. The fourth-order valence-electron chi connectivity index (χ4n) is 3.50. The lowest BCUT2D eigenvalue weighted by Crippen LogP contribution is -2.16. The molecule has 0 saturated heterocycles. The topological polar surface area (TPSA) is 63.6 Å². The zero-order valence-electron chi connectivity index (χ0n) is 13.5. The van der Waals surface area contributed by atoms with Gasteiger partial charge in [0.05, 0.1) is 17.5 Å². The number of hydrogen-bond acceptors (Lipinski definition) is 3. The van der Waals surface area contributed by atoms with Crippen LogP contribution in [-0.2, 0) is 19.4 Å². The quantitative estimate of drug-likeness (QED) is 0.753. The smallest absolute Gasteiger partial charge is 0.186 e. The summed E-state index contributed by atoms with van der Waals surface area (Å²) in [4.78, 5) is 20.3. The van der Waals surface area contributed by atoms with E-state index in [4.69, 9.17) is 0 Å². The molecule has 5 nitrogen and oxygen atoms in total. The highest BCUT2D eigenvalue weighted by atomic mass is 16.1. The summed E-state index contributed by atoms with van der Waals surface area (Å²) in [7, 11) is 0. The average Bonchev–Trinajstić information content (AvgIpc) is 3.13. The summed E-state index contributed by atoms with van der Waals surface area (Å²) >= 11 is 0. The summed E-state index contributed by atoms with van der Waals surface area (Å²) in [6.45, 7) is 4.83. The molecule has 0 saturated carbocycles. The van der Waals surface area contributed by atoms with Crippen molar-refractivity contribution in [2.75, 3.05) is 0 Å². The first kappa shape index (κ1) is 14.2. The lowest BCUT2D eigenvalue weighted by atomic mass is 9.95. The molecule has 3 aromatic rings. The molecular formula is C18H20N4O. The molecule has 1 aliphatic heterocycles. The second-order valence-corrected chi connectivity index (χ2v) is 6.42. The molecule has 23 heavy (non-hydrogen) atoms. The van der Waals surface area contributed by atoms with Gasteiger partial charge in [0.25, 0.3) is 0 Å². The minimum absolute atomic E-state index is 0.113. The third-order valence-corrected chi connectivity index (χ3v) is 4.79. The van der Waals surface area contributed by atoms with Gasteiger partial charge in [-0.05, 0) is 31.7 Å². The van der Waals surface area contributed by atoms with Gasteiger partial charge >= 0.3 is 0 Å². The lowest BCUT2D eigenvalue weighted by Gasteiger charge is -2.12. The first-order valence-electron chi connectivity index (χ1n) is 8.16. The first-order chi connectivity index (χ1) is 11.1. The fraction of sp³-hybridized carbons (Fsp3) is 0.389. The number of imidazole rings is 1. The van der Waals surface area contributed by atoms with Crippen LogP contribution in [0.5, 0.6) is 0 Å². The second-order valence-electron chi connectivity index (χ2n) is 6.42. The molecule has 1 aromatic carbocycles. The molecule has 1 unspecified atom stereocenters. The summed E-state index contributed by atoms with van der Waals surface area (Å²) in [6.07, 6.45) is 4.50. The summed E-state index contributed by atoms with van der Waals surface area (Å²) in [5.74, 6) is -0.00749. The third-order valence-electron chi connectivity index (χ3n) is 4.79. The standard InChI is InChI=1S/C18H20N4O/c1-11(9-15-12(2)19-10-20-15)18(23)16-14-7-3-5-13-6-4-8-22(21-16)17(13)14/h3,5,7,10-11H,4,6,8-9H2,1-2H3,(H,19,20). The van der Waals surface area contributed by atoms with Gasteiger partial charge in [-0.15, -0.1) is 0 Å². The van der Waals surface area contributed by atoms with Crippen LogP contribution in [0.15, 0.2) is 24.5 Å². The van der Waals surface area contributed by atoms with Crippen LogP contribution in [0.4, 0.5) is 0 Å². The number of aromatic nitrogens is 4. The SMILES string of the molecule is Cc1nc[nH]c1CC(C)C(=O)c1nn2c3c(cccc13)CCC2. The van der Waals surface area contributed by atoms with Crippen molar-refractivity contribution in [2.45, 2.75) is 39.7 Å². The van der Waals surface area contributed by atoms with Crippen LogP contribution < -0.4 is 0 Å². The van der Waals surface area contributed by atoms with E-state index in [1.807, 2.05) is 30.7 Å². The Balaban J connectivity index is 1.70. The average molecular weight is 308 g/mol. The molecule has 5 heteroatoms. The van der Waals surface area contributed by atoms with Gasteiger partial charge in [0.15, 0.2) is 5.78 Å². The number of nitrogens with one attached hydrogen (secondary N) is 1. The number of H-pyrrole nitrogens is 1. The van der Waals surface area contributed by atoms with E-state index in [-0.39, 0.29) is 11.7 Å². The zero-order valence-corrected chi connectivity index (χ0v) is 13.5. The molecule has 1 aliphatic rings. The van der Waals surface area contributed by atoms with Crippen LogP contribution in [0.3, 0.4) is 0 Å². The van der Waals surface area contributed by atoms with Gasteiger partial charge in [0, 0.05) is 23.5 Å². The van der Waals surface area contributed by atoms with E-state index in [1.165, 1.54) is 5.56 Å². The second kappa shape index (κ2) is 5.33. The number of aryl methyl sites for hydroxylation is 3. The fourth-order valence-corrected chi connectivity index (χ4v) is 3.50. The van der Waals surface area contributed by atoms with Crippen molar-refractivity contribution < 1.29 is 4.79 Å². The molecule has 0 radical (unpaired) electrons. The van der Waals surface area contributed by atoms with Gasteiger partial charge < -0.3 is 4.98 Å². The molecular weight excluding hydrogens is 288 g/mol. The molecule has 4 rings (SSSR count). The maximum Gasteiger partial charge on any atom is 0.186 e. The molecule has 118 valence electrons. The molecule has 0 bridgehead atoms. The van der Waals surface area contributed by atoms with Crippen LogP contribution in [0.1, 0.15) is 40.8 Å².